The van der Waals surface area contributed by atoms with E-state index in [2.05, 4.69) is 11.2 Å². The van der Waals surface area contributed by atoms with Gasteiger partial charge in [0, 0.05) is 5.02 Å². The van der Waals surface area contributed by atoms with E-state index in [0.717, 1.165) is 11.3 Å². The second-order valence-electron chi connectivity index (χ2n) is 3.96. The van der Waals surface area contributed by atoms with Gasteiger partial charge in [0.25, 0.3) is 0 Å². The van der Waals surface area contributed by atoms with Crippen LogP contribution in [0.25, 0.3) is 0 Å². The third-order valence-electron chi connectivity index (χ3n) is 2.73. The average molecular weight is 261 g/mol. The van der Waals surface area contributed by atoms with Crippen molar-refractivity contribution >= 4 is 17.4 Å². The van der Waals surface area contributed by atoms with Crippen molar-refractivity contribution < 1.29 is 0 Å². The van der Waals surface area contributed by atoms with Crippen LogP contribution in [0.5, 0.6) is 0 Å². The summed E-state index contributed by atoms with van der Waals surface area (Å²) >= 11 is 5.93. The Bertz CT molecular complexity index is 610. The molecule has 0 saturated carbocycles. The number of hydrogen-bond donors (Lipinski definition) is 1. The van der Waals surface area contributed by atoms with Crippen LogP contribution in [0.2, 0.25) is 5.02 Å². The number of hydrogen-bond acceptors (Lipinski definition) is 3. The van der Waals surface area contributed by atoms with Crippen molar-refractivity contribution in [2.24, 2.45) is 0 Å². The number of benzene rings is 1. The number of aryl methyl sites for hydroxylation is 1. The normalized spacial score (nSPS) is 10.3. The number of nitriles is 1. The molecule has 2 rings (SSSR count). The lowest BCUT2D eigenvalue weighted by atomic mass is 10.2. The number of nitrogen functional groups attached to an aromatic ring is 1. The topological polar surface area (TPSA) is 67.6 Å². The molecule has 0 aliphatic carbocycles. The number of halogens is 1. The minimum atomic E-state index is 0.411. The Morgan fingerprint density at radius 2 is 2.28 bits per heavy atom. The highest BCUT2D eigenvalue weighted by Crippen LogP contribution is 2.19. The first-order valence-electron chi connectivity index (χ1n) is 5.65. The highest BCUT2D eigenvalue weighted by Gasteiger charge is 2.13. The van der Waals surface area contributed by atoms with Gasteiger partial charge in [0.05, 0.1) is 12.2 Å². The van der Waals surface area contributed by atoms with Crippen molar-refractivity contribution in [2.45, 2.75) is 19.9 Å². The molecule has 92 valence electrons. The molecule has 1 heterocycles. The van der Waals surface area contributed by atoms with Crippen molar-refractivity contribution in [1.29, 1.82) is 5.26 Å². The minimum Gasteiger partial charge on any atom is -0.383 e. The van der Waals surface area contributed by atoms with Gasteiger partial charge in [-0.25, -0.2) is 4.68 Å². The van der Waals surface area contributed by atoms with Crippen LogP contribution >= 0.6 is 11.6 Å². The Labute approximate surface area is 111 Å². The fourth-order valence-electron chi connectivity index (χ4n) is 1.82. The fraction of sp³-hybridized carbons (Fsp3) is 0.231. The number of nitrogens with two attached hydrogens (primary N) is 1. The van der Waals surface area contributed by atoms with Crippen molar-refractivity contribution in [3.63, 3.8) is 0 Å². The van der Waals surface area contributed by atoms with Gasteiger partial charge in [-0.1, -0.05) is 30.7 Å². The first-order valence-corrected chi connectivity index (χ1v) is 6.03. The van der Waals surface area contributed by atoms with Crippen LogP contribution in [0.15, 0.2) is 24.3 Å². The van der Waals surface area contributed by atoms with E-state index in [4.69, 9.17) is 22.6 Å². The van der Waals surface area contributed by atoms with Crippen LogP contribution in [0.3, 0.4) is 0 Å². The lowest BCUT2D eigenvalue weighted by Crippen LogP contribution is -2.06. The molecule has 2 aromatic rings. The van der Waals surface area contributed by atoms with Crippen LogP contribution in [0.4, 0.5) is 5.82 Å². The van der Waals surface area contributed by atoms with Crippen LogP contribution in [0, 0.1) is 11.3 Å². The molecule has 0 aliphatic rings. The first-order chi connectivity index (χ1) is 8.65. The van der Waals surface area contributed by atoms with Gasteiger partial charge in [-0.15, -0.1) is 0 Å². The molecule has 0 spiro atoms. The maximum Gasteiger partial charge on any atom is 0.140 e. The molecule has 0 atom stereocenters. The zero-order chi connectivity index (χ0) is 13.1. The molecule has 2 N–H and O–H groups in total. The van der Waals surface area contributed by atoms with Crippen molar-refractivity contribution in [3.8, 4) is 6.07 Å². The molecule has 18 heavy (non-hydrogen) atoms. The van der Waals surface area contributed by atoms with Crippen molar-refractivity contribution in [2.75, 3.05) is 5.73 Å². The summed E-state index contributed by atoms with van der Waals surface area (Å²) < 4.78 is 1.64. The molecule has 5 heteroatoms. The zero-order valence-corrected chi connectivity index (χ0v) is 10.8. The molecule has 0 unspecified atom stereocenters. The standard InChI is InChI=1S/C13H13ClN4/c1-2-12-11(7-15)13(16)18(17-12)8-9-4-3-5-10(14)6-9/h3-6H,2,8,16H2,1H3. The van der Waals surface area contributed by atoms with Gasteiger partial charge in [-0.3, -0.25) is 0 Å². The van der Waals surface area contributed by atoms with E-state index in [1.807, 2.05) is 31.2 Å². The Morgan fingerprint density at radius 1 is 1.50 bits per heavy atom. The average Bonchev–Trinajstić information content (AvgIpc) is 2.66. The molecule has 0 bridgehead atoms. The predicted molar refractivity (Wildman–Crippen MR) is 71.3 cm³/mol. The quantitative estimate of drug-likeness (QED) is 0.922. The van der Waals surface area contributed by atoms with E-state index in [1.54, 1.807) is 4.68 Å². The molecule has 1 aromatic heterocycles. The van der Waals surface area contributed by atoms with E-state index >= 15 is 0 Å². The van der Waals surface area contributed by atoms with Crippen LogP contribution in [-0.4, -0.2) is 9.78 Å². The third-order valence-corrected chi connectivity index (χ3v) is 2.97. The van der Waals surface area contributed by atoms with Gasteiger partial charge >= 0.3 is 0 Å². The van der Waals surface area contributed by atoms with Crippen molar-refractivity contribution in [1.82, 2.24) is 9.78 Å². The van der Waals surface area contributed by atoms with E-state index in [-0.39, 0.29) is 0 Å². The third kappa shape index (κ3) is 2.31. The second kappa shape index (κ2) is 5.11. The van der Waals surface area contributed by atoms with E-state index in [9.17, 15) is 0 Å². The molecule has 0 aliphatic heterocycles. The number of anilines is 1. The summed E-state index contributed by atoms with van der Waals surface area (Å²) in [5, 5.41) is 14.1. The van der Waals surface area contributed by atoms with Crippen LogP contribution in [-0.2, 0) is 13.0 Å². The van der Waals surface area contributed by atoms with Crippen molar-refractivity contribution in [3.05, 3.63) is 46.1 Å². The van der Waals surface area contributed by atoms with Gasteiger partial charge in [-0.05, 0) is 24.1 Å². The molecule has 0 fully saturated rings. The number of rotatable bonds is 3. The number of aromatic nitrogens is 2. The summed E-state index contributed by atoms with van der Waals surface area (Å²) in [5.74, 6) is 0.411. The molecular weight excluding hydrogens is 248 g/mol. The number of nitrogens with zero attached hydrogens (tertiary/aromatic N) is 3. The Kier molecular flexibility index (Phi) is 3.54. The van der Waals surface area contributed by atoms with E-state index in [1.165, 1.54) is 0 Å². The maximum atomic E-state index is 9.05. The van der Waals surface area contributed by atoms with E-state index < -0.39 is 0 Å². The molecule has 0 saturated heterocycles. The summed E-state index contributed by atoms with van der Waals surface area (Å²) in [5.41, 5.74) is 8.13. The zero-order valence-electron chi connectivity index (χ0n) is 10.0. The van der Waals surface area contributed by atoms with Crippen LogP contribution < -0.4 is 5.73 Å². The maximum absolute atomic E-state index is 9.05. The van der Waals surface area contributed by atoms with Gasteiger partial charge < -0.3 is 5.73 Å². The molecule has 4 nitrogen and oxygen atoms in total. The highest BCUT2D eigenvalue weighted by molar-refractivity contribution is 6.30. The summed E-state index contributed by atoms with van der Waals surface area (Å²) in [6.45, 7) is 2.47. The highest BCUT2D eigenvalue weighted by atomic mass is 35.5. The summed E-state index contributed by atoms with van der Waals surface area (Å²) in [6.07, 6.45) is 0.690. The Balaban J connectivity index is 2.36. The predicted octanol–water partition coefficient (Wildman–Crippen LogP) is 2.60. The molecule has 0 amide bonds. The Morgan fingerprint density at radius 3 is 2.83 bits per heavy atom. The molecular formula is C13H13ClN4. The first kappa shape index (κ1) is 12.5. The summed E-state index contributed by atoms with van der Waals surface area (Å²) in [7, 11) is 0. The minimum absolute atomic E-state index is 0.411. The fourth-order valence-corrected chi connectivity index (χ4v) is 2.04. The second-order valence-corrected chi connectivity index (χ2v) is 4.40. The van der Waals surface area contributed by atoms with Crippen LogP contribution in [0.1, 0.15) is 23.7 Å². The van der Waals surface area contributed by atoms with Gasteiger partial charge in [-0.2, -0.15) is 10.4 Å². The lowest BCUT2D eigenvalue weighted by molar-refractivity contribution is 0.683. The Hall–Kier alpha value is -1.99. The smallest absolute Gasteiger partial charge is 0.140 e. The summed E-state index contributed by atoms with van der Waals surface area (Å²) in [6, 6.07) is 9.60. The molecule has 1 aromatic carbocycles. The monoisotopic (exact) mass is 260 g/mol. The van der Waals surface area contributed by atoms with Gasteiger partial charge in [0.1, 0.15) is 17.5 Å². The summed E-state index contributed by atoms with van der Waals surface area (Å²) in [4.78, 5) is 0. The van der Waals surface area contributed by atoms with E-state index in [0.29, 0.717) is 29.4 Å². The largest absolute Gasteiger partial charge is 0.383 e. The van der Waals surface area contributed by atoms with Gasteiger partial charge in [0.15, 0.2) is 0 Å². The van der Waals surface area contributed by atoms with Gasteiger partial charge in [0.2, 0.25) is 0 Å². The molecule has 0 radical (unpaired) electrons. The SMILES string of the molecule is CCc1nn(Cc2cccc(Cl)c2)c(N)c1C#N. The lowest BCUT2D eigenvalue weighted by Gasteiger charge is -2.04.